The van der Waals surface area contributed by atoms with E-state index in [2.05, 4.69) is 16.7 Å². The van der Waals surface area contributed by atoms with Gasteiger partial charge in [0.05, 0.1) is 0 Å². The lowest BCUT2D eigenvalue weighted by Gasteiger charge is -2.15. The van der Waals surface area contributed by atoms with Crippen LogP contribution in [0.4, 0.5) is 10.5 Å². The van der Waals surface area contributed by atoms with Gasteiger partial charge in [-0.25, -0.2) is 4.79 Å². The molecule has 4 heteroatoms. The standard InChI is InChI=1S/C14H23N3O/c1-5-11(2)16-14(18)15-10-12-7-6-8-13(9-12)17(3)4/h6-9,11H,5,10H2,1-4H3,(H2,15,16,18). The fourth-order valence-corrected chi connectivity index (χ4v) is 1.50. The van der Waals surface area contributed by atoms with E-state index in [1.807, 2.05) is 51.0 Å². The van der Waals surface area contributed by atoms with E-state index >= 15 is 0 Å². The predicted molar refractivity (Wildman–Crippen MR) is 75.9 cm³/mol. The van der Waals surface area contributed by atoms with Gasteiger partial charge in [0.2, 0.25) is 0 Å². The summed E-state index contributed by atoms with van der Waals surface area (Å²) in [5.74, 6) is 0. The highest BCUT2D eigenvalue weighted by Crippen LogP contribution is 2.12. The van der Waals surface area contributed by atoms with Crippen LogP contribution in [0.1, 0.15) is 25.8 Å². The lowest BCUT2D eigenvalue weighted by molar-refractivity contribution is 0.237. The van der Waals surface area contributed by atoms with Gasteiger partial charge >= 0.3 is 6.03 Å². The first kappa shape index (κ1) is 14.4. The Balaban J connectivity index is 2.48. The van der Waals surface area contributed by atoms with E-state index in [1.54, 1.807) is 0 Å². The van der Waals surface area contributed by atoms with Crippen molar-refractivity contribution in [2.45, 2.75) is 32.9 Å². The highest BCUT2D eigenvalue weighted by molar-refractivity contribution is 5.74. The molecule has 0 spiro atoms. The zero-order valence-corrected chi connectivity index (χ0v) is 11.7. The molecule has 0 aliphatic heterocycles. The average molecular weight is 249 g/mol. The number of carbonyl (C=O) groups is 1. The van der Waals surface area contributed by atoms with Gasteiger partial charge in [0.15, 0.2) is 0 Å². The van der Waals surface area contributed by atoms with Crippen molar-refractivity contribution < 1.29 is 4.79 Å². The molecule has 1 aromatic rings. The van der Waals surface area contributed by atoms with Crippen LogP contribution >= 0.6 is 0 Å². The minimum atomic E-state index is -0.111. The van der Waals surface area contributed by atoms with E-state index in [4.69, 9.17) is 0 Å². The molecule has 1 unspecified atom stereocenters. The van der Waals surface area contributed by atoms with E-state index in [1.165, 1.54) is 0 Å². The number of amides is 2. The van der Waals surface area contributed by atoms with Crippen LogP contribution in [-0.4, -0.2) is 26.2 Å². The Hall–Kier alpha value is -1.71. The molecular weight excluding hydrogens is 226 g/mol. The van der Waals surface area contributed by atoms with E-state index in [0.717, 1.165) is 17.7 Å². The van der Waals surface area contributed by atoms with E-state index in [0.29, 0.717) is 6.54 Å². The van der Waals surface area contributed by atoms with Gasteiger partial charge in [0.25, 0.3) is 0 Å². The monoisotopic (exact) mass is 249 g/mol. The van der Waals surface area contributed by atoms with Gasteiger partial charge in [0.1, 0.15) is 0 Å². The van der Waals surface area contributed by atoms with Crippen LogP contribution in [0.5, 0.6) is 0 Å². The molecule has 2 amide bonds. The smallest absolute Gasteiger partial charge is 0.315 e. The molecule has 0 heterocycles. The number of anilines is 1. The minimum absolute atomic E-state index is 0.111. The molecule has 4 nitrogen and oxygen atoms in total. The molecule has 0 bridgehead atoms. The largest absolute Gasteiger partial charge is 0.378 e. The molecule has 0 aliphatic carbocycles. The first-order chi connectivity index (χ1) is 8.52. The van der Waals surface area contributed by atoms with Gasteiger partial charge in [-0.15, -0.1) is 0 Å². The van der Waals surface area contributed by atoms with Crippen LogP contribution in [-0.2, 0) is 6.54 Å². The second-order valence-corrected chi connectivity index (χ2v) is 4.70. The third kappa shape index (κ3) is 4.65. The SMILES string of the molecule is CCC(C)NC(=O)NCc1cccc(N(C)C)c1. The number of carbonyl (C=O) groups excluding carboxylic acids is 1. The van der Waals surface area contributed by atoms with Crippen molar-refractivity contribution in [2.75, 3.05) is 19.0 Å². The number of benzene rings is 1. The summed E-state index contributed by atoms with van der Waals surface area (Å²) in [5.41, 5.74) is 2.23. The third-order valence-electron chi connectivity index (χ3n) is 2.87. The highest BCUT2D eigenvalue weighted by atomic mass is 16.2. The highest BCUT2D eigenvalue weighted by Gasteiger charge is 2.04. The Morgan fingerprint density at radius 2 is 2.11 bits per heavy atom. The number of nitrogens with zero attached hydrogens (tertiary/aromatic N) is 1. The van der Waals surface area contributed by atoms with Gasteiger partial charge in [-0.3, -0.25) is 0 Å². The van der Waals surface area contributed by atoms with Crippen molar-refractivity contribution in [3.63, 3.8) is 0 Å². The molecule has 100 valence electrons. The molecule has 0 aromatic heterocycles. The minimum Gasteiger partial charge on any atom is -0.378 e. The second-order valence-electron chi connectivity index (χ2n) is 4.70. The fraction of sp³-hybridized carbons (Fsp3) is 0.500. The van der Waals surface area contributed by atoms with Crippen molar-refractivity contribution in [3.8, 4) is 0 Å². The maximum absolute atomic E-state index is 11.6. The third-order valence-corrected chi connectivity index (χ3v) is 2.87. The van der Waals surface area contributed by atoms with Crippen molar-refractivity contribution >= 4 is 11.7 Å². The Kier molecular flexibility index (Phi) is 5.49. The fourth-order valence-electron chi connectivity index (χ4n) is 1.50. The van der Waals surface area contributed by atoms with Crippen LogP contribution in [0.25, 0.3) is 0 Å². The Labute approximate surface area is 109 Å². The summed E-state index contributed by atoms with van der Waals surface area (Å²) in [4.78, 5) is 13.6. The van der Waals surface area contributed by atoms with Gasteiger partial charge < -0.3 is 15.5 Å². The summed E-state index contributed by atoms with van der Waals surface area (Å²) in [5, 5.41) is 5.74. The van der Waals surface area contributed by atoms with Crippen LogP contribution in [0, 0.1) is 0 Å². The number of rotatable bonds is 5. The van der Waals surface area contributed by atoms with Crippen molar-refractivity contribution in [3.05, 3.63) is 29.8 Å². The molecule has 1 atom stereocenters. The number of hydrogen-bond acceptors (Lipinski definition) is 2. The summed E-state index contributed by atoms with van der Waals surface area (Å²) in [7, 11) is 4.00. The van der Waals surface area contributed by atoms with Gasteiger partial charge in [-0.05, 0) is 31.0 Å². The summed E-state index contributed by atoms with van der Waals surface area (Å²) >= 11 is 0. The quantitative estimate of drug-likeness (QED) is 0.841. The predicted octanol–water partition coefficient (Wildman–Crippen LogP) is 2.35. The maximum Gasteiger partial charge on any atom is 0.315 e. The molecule has 1 aromatic carbocycles. The summed E-state index contributed by atoms with van der Waals surface area (Å²) in [6, 6.07) is 8.22. The lowest BCUT2D eigenvalue weighted by Crippen LogP contribution is -2.40. The van der Waals surface area contributed by atoms with Crippen LogP contribution in [0.15, 0.2) is 24.3 Å². The molecular formula is C14H23N3O. The molecule has 1 rings (SSSR count). The van der Waals surface area contributed by atoms with Crippen molar-refractivity contribution in [1.29, 1.82) is 0 Å². The van der Waals surface area contributed by atoms with E-state index < -0.39 is 0 Å². The zero-order chi connectivity index (χ0) is 13.5. The summed E-state index contributed by atoms with van der Waals surface area (Å²) in [6.45, 7) is 4.59. The van der Waals surface area contributed by atoms with Gasteiger partial charge in [-0.1, -0.05) is 19.1 Å². The summed E-state index contributed by atoms with van der Waals surface area (Å²) < 4.78 is 0. The van der Waals surface area contributed by atoms with E-state index in [9.17, 15) is 4.79 Å². The van der Waals surface area contributed by atoms with E-state index in [-0.39, 0.29) is 12.1 Å². The lowest BCUT2D eigenvalue weighted by atomic mass is 10.2. The molecule has 0 fully saturated rings. The first-order valence-electron chi connectivity index (χ1n) is 6.33. The molecule has 2 N–H and O–H groups in total. The molecule has 0 saturated carbocycles. The summed E-state index contributed by atoms with van der Waals surface area (Å²) in [6.07, 6.45) is 0.934. The van der Waals surface area contributed by atoms with Crippen molar-refractivity contribution in [1.82, 2.24) is 10.6 Å². The molecule has 18 heavy (non-hydrogen) atoms. The molecule has 0 aliphatic rings. The van der Waals surface area contributed by atoms with Crippen LogP contribution < -0.4 is 15.5 Å². The number of hydrogen-bond donors (Lipinski definition) is 2. The van der Waals surface area contributed by atoms with Gasteiger partial charge in [-0.2, -0.15) is 0 Å². The second kappa shape index (κ2) is 6.89. The van der Waals surface area contributed by atoms with Gasteiger partial charge in [0, 0.05) is 32.4 Å². The number of nitrogens with one attached hydrogen (secondary N) is 2. The Morgan fingerprint density at radius 1 is 1.39 bits per heavy atom. The first-order valence-corrected chi connectivity index (χ1v) is 6.33. The topological polar surface area (TPSA) is 44.4 Å². The van der Waals surface area contributed by atoms with Crippen molar-refractivity contribution in [2.24, 2.45) is 0 Å². The van der Waals surface area contributed by atoms with Crippen LogP contribution in [0.3, 0.4) is 0 Å². The normalized spacial score (nSPS) is 11.8. The maximum atomic E-state index is 11.6. The molecule has 0 radical (unpaired) electrons. The zero-order valence-electron chi connectivity index (χ0n) is 11.7. The Bertz CT molecular complexity index is 390. The molecule has 0 saturated heterocycles. The number of urea groups is 1. The Morgan fingerprint density at radius 3 is 2.72 bits per heavy atom. The van der Waals surface area contributed by atoms with Crippen LogP contribution in [0.2, 0.25) is 0 Å². The average Bonchev–Trinajstić information content (AvgIpc) is 2.36.